The van der Waals surface area contributed by atoms with Crippen LogP contribution in [0.1, 0.15) is 25.8 Å². The molecular weight excluding hydrogens is 315 g/mol. The highest BCUT2D eigenvalue weighted by Gasteiger charge is 2.27. The van der Waals surface area contributed by atoms with Crippen LogP contribution in [0.5, 0.6) is 5.75 Å². The van der Waals surface area contributed by atoms with Gasteiger partial charge in [-0.3, -0.25) is 4.52 Å². The standard InChI is InChI=1S/C14H20ClO3PS/c1-4-7-12-11-13(15)8-9-14(12)18-19(16,17-6-3)20-10-5-2/h4,8-9,11H,1,5-7,10H2,2-3H3. The topological polar surface area (TPSA) is 35.5 Å². The van der Waals surface area contributed by atoms with Gasteiger partial charge in [0.2, 0.25) is 0 Å². The van der Waals surface area contributed by atoms with Crippen molar-refractivity contribution in [3.63, 3.8) is 0 Å². The van der Waals surface area contributed by atoms with E-state index >= 15 is 0 Å². The molecule has 6 heteroatoms. The molecule has 0 aliphatic rings. The molecule has 1 unspecified atom stereocenters. The Balaban J connectivity index is 2.97. The van der Waals surface area contributed by atoms with Crippen LogP contribution in [0.25, 0.3) is 0 Å². The Morgan fingerprint density at radius 2 is 2.20 bits per heavy atom. The SMILES string of the molecule is C=CCc1cc(Cl)ccc1OP(=O)(OCC)SCCC. The van der Waals surface area contributed by atoms with Crippen LogP contribution in [-0.4, -0.2) is 12.4 Å². The van der Waals surface area contributed by atoms with Gasteiger partial charge in [0.1, 0.15) is 5.75 Å². The van der Waals surface area contributed by atoms with E-state index in [1.165, 1.54) is 11.4 Å². The third-order valence-electron chi connectivity index (χ3n) is 2.34. The molecule has 0 fully saturated rings. The smallest absolute Gasteiger partial charge is 0.417 e. The van der Waals surface area contributed by atoms with Crippen molar-refractivity contribution in [3.8, 4) is 5.75 Å². The van der Waals surface area contributed by atoms with Gasteiger partial charge in [0.25, 0.3) is 0 Å². The zero-order valence-electron chi connectivity index (χ0n) is 11.8. The van der Waals surface area contributed by atoms with Crippen molar-refractivity contribution in [1.82, 2.24) is 0 Å². The fourth-order valence-corrected chi connectivity index (χ4v) is 5.20. The van der Waals surface area contributed by atoms with Crippen LogP contribution in [0.3, 0.4) is 0 Å². The normalized spacial score (nSPS) is 13.8. The summed E-state index contributed by atoms with van der Waals surface area (Å²) in [5, 5.41) is 0.613. The van der Waals surface area contributed by atoms with Crippen LogP contribution in [0, 0.1) is 0 Å². The predicted molar refractivity (Wildman–Crippen MR) is 88.0 cm³/mol. The van der Waals surface area contributed by atoms with E-state index in [2.05, 4.69) is 6.58 Å². The molecule has 1 aromatic rings. The minimum Gasteiger partial charge on any atom is -0.417 e. The van der Waals surface area contributed by atoms with Crippen molar-refractivity contribution >= 4 is 29.8 Å². The second-order valence-electron chi connectivity index (χ2n) is 4.03. The molecule has 3 nitrogen and oxygen atoms in total. The van der Waals surface area contributed by atoms with Crippen LogP contribution >= 0.6 is 29.8 Å². The second kappa shape index (κ2) is 8.78. The molecule has 20 heavy (non-hydrogen) atoms. The molecule has 112 valence electrons. The van der Waals surface area contributed by atoms with E-state index in [4.69, 9.17) is 20.6 Å². The summed E-state index contributed by atoms with van der Waals surface area (Å²) in [5.74, 6) is 1.26. The van der Waals surface area contributed by atoms with Gasteiger partial charge in [-0.15, -0.1) is 6.58 Å². The van der Waals surface area contributed by atoms with E-state index in [9.17, 15) is 4.57 Å². The summed E-state index contributed by atoms with van der Waals surface area (Å²) in [6.07, 6.45) is 3.26. The summed E-state index contributed by atoms with van der Waals surface area (Å²) >= 11 is 7.20. The zero-order valence-corrected chi connectivity index (χ0v) is 14.3. The molecule has 0 bridgehead atoms. The van der Waals surface area contributed by atoms with Gasteiger partial charge in [0.15, 0.2) is 0 Å². The minimum atomic E-state index is -3.18. The monoisotopic (exact) mass is 334 g/mol. The Morgan fingerprint density at radius 1 is 1.45 bits per heavy atom. The molecule has 0 N–H and O–H groups in total. The first-order chi connectivity index (χ1) is 9.54. The number of halogens is 1. The third-order valence-corrected chi connectivity index (χ3v) is 6.51. The Bertz CT molecular complexity index is 493. The second-order valence-corrected chi connectivity index (χ2v) is 8.59. The van der Waals surface area contributed by atoms with Crippen molar-refractivity contribution in [1.29, 1.82) is 0 Å². The van der Waals surface area contributed by atoms with Gasteiger partial charge in [-0.25, -0.2) is 4.57 Å². The lowest BCUT2D eigenvalue weighted by Gasteiger charge is -2.19. The predicted octanol–water partition coefficient (Wildman–Crippen LogP) is 5.74. The van der Waals surface area contributed by atoms with Gasteiger partial charge in [0.05, 0.1) is 6.61 Å². The molecule has 0 aromatic heterocycles. The highest BCUT2D eigenvalue weighted by atomic mass is 35.5. The average Bonchev–Trinajstić information content (AvgIpc) is 2.40. The fraction of sp³-hybridized carbons (Fsp3) is 0.429. The van der Waals surface area contributed by atoms with Crippen molar-refractivity contribution in [2.45, 2.75) is 26.7 Å². The van der Waals surface area contributed by atoms with Gasteiger partial charge in [-0.2, -0.15) is 0 Å². The lowest BCUT2D eigenvalue weighted by Crippen LogP contribution is -1.98. The number of rotatable bonds is 9. The first-order valence-corrected chi connectivity index (χ1v) is 10.0. The molecule has 0 heterocycles. The first-order valence-electron chi connectivity index (χ1n) is 6.52. The highest BCUT2D eigenvalue weighted by molar-refractivity contribution is 8.55. The van der Waals surface area contributed by atoms with Crippen LogP contribution in [0.15, 0.2) is 30.9 Å². The Hall–Kier alpha value is -0.410. The number of allylic oxidation sites excluding steroid dienone is 1. The van der Waals surface area contributed by atoms with Crippen molar-refractivity contribution in [3.05, 3.63) is 41.4 Å². The van der Waals surface area contributed by atoms with Gasteiger partial charge in [-0.1, -0.05) is 24.6 Å². The number of benzene rings is 1. The maximum atomic E-state index is 12.6. The molecule has 0 radical (unpaired) electrons. The average molecular weight is 335 g/mol. The summed E-state index contributed by atoms with van der Waals surface area (Å²) in [7, 11) is 0. The van der Waals surface area contributed by atoms with E-state index in [1.54, 1.807) is 31.2 Å². The number of hydrogen-bond acceptors (Lipinski definition) is 4. The van der Waals surface area contributed by atoms with E-state index < -0.39 is 6.80 Å². The summed E-state index contributed by atoms with van der Waals surface area (Å²) in [4.78, 5) is 0. The maximum absolute atomic E-state index is 12.6. The van der Waals surface area contributed by atoms with E-state index in [-0.39, 0.29) is 0 Å². The first kappa shape index (κ1) is 17.6. The van der Waals surface area contributed by atoms with E-state index in [0.717, 1.165) is 17.7 Å². The Morgan fingerprint density at radius 3 is 2.80 bits per heavy atom. The van der Waals surface area contributed by atoms with E-state index in [0.29, 0.717) is 23.8 Å². The van der Waals surface area contributed by atoms with Gasteiger partial charge < -0.3 is 4.52 Å². The summed E-state index contributed by atoms with van der Waals surface area (Å²) < 4.78 is 23.7. The van der Waals surface area contributed by atoms with Crippen LogP contribution in [-0.2, 0) is 15.5 Å². The molecule has 0 saturated heterocycles. The Labute approximate surface area is 130 Å². The van der Waals surface area contributed by atoms with Crippen LogP contribution in [0.4, 0.5) is 0 Å². The van der Waals surface area contributed by atoms with Gasteiger partial charge in [-0.05, 0) is 54.9 Å². The summed E-state index contributed by atoms with van der Waals surface area (Å²) in [6.45, 7) is 4.69. The molecule has 1 aromatic carbocycles. The zero-order chi connectivity index (χ0) is 15.0. The lowest BCUT2D eigenvalue weighted by molar-refractivity contribution is 0.295. The van der Waals surface area contributed by atoms with Crippen LogP contribution < -0.4 is 4.52 Å². The van der Waals surface area contributed by atoms with Gasteiger partial charge in [0, 0.05) is 10.8 Å². The fourth-order valence-electron chi connectivity index (χ4n) is 1.52. The van der Waals surface area contributed by atoms with Crippen molar-refractivity contribution in [2.75, 3.05) is 12.4 Å². The lowest BCUT2D eigenvalue weighted by atomic mass is 10.1. The molecule has 0 aliphatic heterocycles. The minimum absolute atomic E-state index is 0.346. The van der Waals surface area contributed by atoms with Gasteiger partial charge >= 0.3 is 6.80 Å². The van der Waals surface area contributed by atoms with Crippen LogP contribution in [0.2, 0.25) is 5.02 Å². The molecule has 0 spiro atoms. The largest absolute Gasteiger partial charge is 0.440 e. The third kappa shape index (κ3) is 5.53. The maximum Gasteiger partial charge on any atom is 0.440 e. The summed E-state index contributed by atoms with van der Waals surface area (Å²) in [6, 6.07) is 5.23. The number of hydrogen-bond donors (Lipinski definition) is 0. The molecular formula is C14H20ClO3PS. The highest BCUT2D eigenvalue weighted by Crippen LogP contribution is 2.60. The van der Waals surface area contributed by atoms with Crippen molar-refractivity contribution in [2.24, 2.45) is 0 Å². The molecule has 0 saturated carbocycles. The van der Waals surface area contributed by atoms with Crippen molar-refractivity contribution < 1.29 is 13.6 Å². The molecule has 0 amide bonds. The molecule has 0 aliphatic carbocycles. The quantitative estimate of drug-likeness (QED) is 0.426. The summed E-state index contributed by atoms with van der Waals surface area (Å²) in [5.41, 5.74) is 0.851. The molecule has 1 atom stereocenters. The van der Waals surface area contributed by atoms with E-state index in [1.807, 2.05) is 6.92 Å². The Kier molecular flexibility index (Phi) is 7.75. The molecule has 1 rings (SSSR count).